The van der Waals surface area contributed by atoms with Crippen LogP contribution in [0.2, 0.25) is 0 Å². The minimum absolute atomic E-state index is 0.110. The Balaban J connectivity index is 2.04. The van der Waals surface area contributed by atoms with E-state index in [0.717, 1.165) is 24.2 Å². The zero-order chi connectivity index (χ0) is 20.9. The van der Waals surface area contributed by atoms with E-state index < -0.39 is 0 Å². The highest BCUT2D eigenvalue weighted by atomic mass is 16.5. The molecular weight excluding hydrogens is 352 g/mol. The van der Waals surface area contributed by atoms with Crippen molar-refractivity contribution in [3.05, 3.63) is 41.6 Å². The van der Waals surface area contributed by atoms with Crippen LogP contribution in [-0.4, -0.2) is 41.6 Å². The van der Waals surface area contributed by atoms with Crippen molar-refractivity contribution in [3.63, 3.8) is 0 Å². The van der Waals surface area contributed by atoms with Crippen molar-refractivity contribution >= 4 is 5.91 Å². The summed E-state index contributed by atoms with van der Waals surface area (Å²) in [4.78, 5) is 14.7. The predicted octanol–water partition coefficient (Wildman–Crippen LogP) is 2.74. The third-order valence-electron chi connectivity index (χ3n) is 5.31. The molecule has 0 atom stereocenters. The van der Waals surface area contributed by atoms with E-state index >= 15 is 0 Å². The molecular formula is C22H32N4O2. The molecule has 1 saturated heterocycles. The monoisotopic (exact) mass is 384 g/mol. The van der Waals surface area contributed by atoms with E-state index in [1.54, 1.807) is 13.3 Å². The lowest BCUT2D eigenvalue weighted by Crippen LogP contribution is -2.61. The molecule has 2 rings (SSSR count). The largest absolute Gasteiger partial charge is 0.497 e. The summed E-state index contributed by atoms with van der Waals surface area (Å²) in [6, 6.07) is 9.89. The van der Waals surface area contributed by atoms with Gasteiger partial charge >= 0.3 is 0 Å². The first kappa shape index (κ1) is 21.8. The summed E-state index contributed by atoms with van der Waals surface area (Å²) in [7, 11) is 1.63. The van der Waals surface area contributed by atoms with Gasteiger partial charge in [0, 0.05) is 29.9 Å². The van der Waals surface area contributed by atoms with Gasteiger partial charge in [-0.2, -0.15) is 5.26 Å². The third-order valence-corrected chi connectivity index (χ3v) is 5.31. The number of carbonyl (C=O) groups excluding carboxylic acids is 1. The molecule has 0 unspecified atom stereocenters. The molecule has 0 saturated carbocycles. The molecule has 1 heterocycles. The van der Waals surface area contributed by atoms with Crippen LogP contribution in [0.4, 0.5) is 0 Å². The van der Waals surface area contributed by atoms with Crippen molar-refractivity contribution in [1.29, 1.82) is 5.26 Å². The van der Waals surface area contributed by atoms with E-state index in [0.29, 0.717) is 13.0 Å². The molecule has 0 aliphatic carbocycles. The van der Waals surface area contributed by atoms with Crippen molar-refractivity contribution in [1.82, 2.24) is 10.2 Å². The third kappa shape index (κ3) is 5.26. The number of likely N-dealkylation sites (tertiary alicyclic amines) is 1. The van der Waals surface area contributed by atoms with Gasteiger partial charge in [-0.1, -0.05) is 12.1 Å². The van der Waals surface area contributed by atoms with Gasteiger partial charge in [-0.15, -0.1) is 0 Å². The fourth-order valence-electron chi connectivity index (χ4n) is 4.20. The topological polar surface area (TPSA) is 91.4 Å². The van der Waals surface area contributed by atoms with E-state index in [9.17, 15) is 10.1 Å². The zero-order valence-corrected chi connectivity index (χ0v) is 17.6. The highest BCUT2D eigenvalue weighted by Crippen LogP contribution is 2.38. The molecule has 152 valence electrons. The van der Waals surface area contributed by atoms with Gasteiger partial charge in [-0.3, -0.25) is 4.79 Å². The second-order valence-corrected chi connectivity index (χ2v) is 8.67. The maximum atomic E-state index is 12.6. The molecule has 1 aromatic rings. The Hall–Kier alpha value is -2.52. The number of hydrogen-bond donors (Lipinski definition) is 2. The molecule has 1 amide bonds. The van der Waals surface area contributed by atoms with Gasteiger partial charge in [-0.05, 0) is 64.7 Å². The number of hydrogen-bond acceptors (Lipinski definition) is 5. The van der Waals surface area contributed by atoms with Gasteiger partial charge in [-0.25, -0.2) is 0 Å². The van der Waals surface area contributed by atoms with Crippen LogP contribution in [-0.2, 0) is 11.2 Å². The van der Waals surface area contributed by atoms with Crippen molar-refractivity contribution in [2.24, 2.45) is 5.73 Å². The quantitative estimate of drug-likeness (QED) is 0.581. The Morgan fingerprint density at radius 1 is 1.29 bits per heavy atom. The molecule has 0 bridgehead atoms. The minimum atomic E-state index is -0.350. The van der Waals surface area contributed by atoms with Crippen LogP contribution >= 0.6 is 0 Å². The second kappa shape index (κ2) is 8.66. The Kier molecular flexibility index (Phi) is 6.73. The Bertz CT molecular complexity index is 742. The number of nitriles is 1. The molecule has 1 aliphatic heterocycles. The lowest BCUT2D eigenvalue weighted by molar-refractivity contribution is -0.117. The van der Waals surface area contributed by atoms with E-state index in [1.807, 2.05) is 24.3 Å². The van der Waals surface area contributed by atoms with E-state index in [-0.39, 0.29) is 28.6 Å². The van der Waals surface area contributed by atoms with Gasteiger partial charge in [0.25, 0.3) is 5.91 Å². The fourth-order valence-corrected chi connectivity index (χ4v) is 4.20. The molecule has 1 aromatic carbocycles. The maximum Gasteiger partial charge on any atom is 0.263 e. The maximum absolute atomic E-state index is 12.6. The fraction of sp³-hybridized carbons (Fsp3) is 0.545. The Morgan fingerprint density at radius 2 is 1.86 bits per heavy atom. The average Bonchev–Trinajstić information content (AvgIpc) is 2.60. The molecule has 0 spiro atoms. The normalized spacial score (nSPS) is 19.0. The summed E-state index contributed by atoms with van der Waals surface area (Å²) >= 11 is 0. The summed E-state index contributed by atoms with van der Waals surface area (Å²) in [6.07, 6.45) is 4.01. The zero-order valence-electron chi connectivity index (χ0n) is 17.6. The Labute approximate surface area is 168 Å². The van der Waals surface area contributed by atoms with Crippen LogP contribution in [0.5, 0.6) is 5.75 Å². The first-order chi connectivity index (χ1) is 13.1. The highest BCUT2D eigenvalue weighted by Gasteiger charge is 2.43. The first-order valence-electron chi connectivity index (χ1n) is 9.67. The van der Waals surface area contributed by atoms with Crippen LogP contribution in [0, 0.1) is 11.3 Å². The van der Waals surface area contributed by atoms with E-state index in [1.165, 1.54) is 0 Å². The van der Waals surface area contributed by atoms with Gasteiger partial charge in [0.2, 0.25) is 0 Å². The smallest absolute Gasteiger partial charge is 0.263 e. The second-order valence-electron chi connectivity index (χ2n) is 8.67. The van der Waals surface area contributed by atoms with Gasteiger partial charge < -0.3 is 20.7 Å². The van der Waals surface area contributed by atoms with Crippen molar-refractivity contribution < 1.29 is 9.53 Å². The summed E-state index contributed by atoms with van der Waals surface area (Å²) in [5, 5.41) is 12.4. The molecule has 1 fully saturated rings. The van der Waals surface area contributed by atoms with Crippen molar-refractivity contribution in [2.75, 3.05) is 13.7 Å². The number of nitrogens with two attached hydrogens (primary N) is 1. The van der Waals surface area contributed by atoms with E-state index in [4.69, 9.17) is 10.5 Å². The Morgan fingerprint density at radius 3 is 2.36 bits per heavy atom. The molecule has 28 heavy (non-hydrogen) atoms. The number of rotatable bonds is 6. The predicted molar refractivity (Wildman–Crippen MR) is 111 cm³/mol. The highest BCUT2D eigenvalue weighted by molar-refractivity contribution is 5.97. The lowest BCUT2D eigenvalue weighted by Gasteiger charge is -2.54. The molecule has 6 nitrogen and oxygen atoms in total. The summed E-state index contributed by atoms with van der Waals surface area (Å²) < 4.78 is 5.14. The summed E-state index contributed by atoms with van der Waals surface area (Å²) in [5.41, 5.74) is 6.96. The van der Waals surface area contributed by atoms with E-state index in [2.05, 4.69) is 44.0 Å². The van der Waals surface area contributed by atoms with Crippen LogP contribution in [0.25, 0.3) is 0 Å². The number of carbonyl (C=O) groups is 1. The molecule has 0 radical (unpaired) electrons. The van der Waals surface area contributed by atoms with Crippen molar-refractivity contribution in [2.45, 2.75) is 64.1 Å². The number of ether oxygens (including phenoxy) is 1. The van der Waals surface area contributed by atoms with Gasteiger partial charge in [0.1, 0.15) is 17.4 Å². The molecule has 6 heteroatoms. The number of benzene rings is 1. The first-order valence-corrected chi connectivity index (χ1v) is 9.67. The molecule has 3 N–H and O–H groups in total. The number of nitrogens with one attached hydrogen (secondary N) is 1. The number of nitrogens with zero attached hydrogens (tertiary/aromatic N) is 2. The van der Waals surface area contributed by atoms with Crippen molar-refractivity contribution in [3.8, 4) is 11.8 Å². The summed E-state index contributed by atoms with van der Waals surface area (Å²) in [5.74, 6) is 0.450. The van der Waals surface area contributed by atoms with Gasteiger partial charge in [0.05, 0.1) is 7.11 Å². The minimum Gasteiger partial charge on any atom is -0.497 e. The molecule has 1 aliphatic rings. The number of methoxy groups -OCH3 is 1. The van der Waals surface area contributed by atoms with Crippen LogP contribution in [0.15, 0.2) is 36.0 Å². The standard InChI is InChI=1S/C22H32N4O2/c1-21(2)12-18(24)13-22(3,4)26(21)15-17(14-23)20(27)25-11-10-16-6-8-19(28-5)9-7-16/h6-9,15,18H,10-13,24H2,1-5H3,(H,25,27)/b17-15-. The SMILES string of the molecule is COc1ccc(CCNC(=O)/C(C#N)=C\N2C(C)(C)CC(N)CC2(C)C)cc1. The van der Waals surface area contributed by atoms with Crippen LogP contribution < -0.4 is 15.8 Å². The van der Waals surface area contributed by atoms with Gasteiger partial charge in [0.15, 0.2) is 0 Å². The molecule has 0 aromatic heterocycles. The summed E-state index contributed by atoms with van der Waals surface area (Å²) in [6.45, 7) is 8.85. The van der Waals surface area contributed by atoms with Crippen LogP contribution in [0.1, 0.15) is 46.1 Å². The number of piperidine rings is 1. The average molecular weight is 385 g/mol. The lowest BCUT2D eigenvalue weighted by atomic mass is 9.77. The number of amides is 1. The van der Waals surface area contributed by atoms with Crippen LogP contribution in [0.3, 0.4) is 0 Å².